The fourth-order valence-corrected chi connectivity index (χ4v) is 2.38. The molecule has 0 saturated heterocycles. The summed E-state index contributed by atoms with van der Waals surface area (Å²) in [5.74, 6) is 0. The van der Waals surface area contributed by atoms with Gasteiger partial charge in [-0.25, -0.2) is 13.1 Å². The Bertz CT molecular complexity index is 553. The highest BCUT2D eigenvalue weighted by Crippen LogP contribution is 2.19. The molecule has 19 heavy (non-hydrogen) atoms. The van der Waals surface area contributed by atoms with Gasteiger partial charge in [-0.15, -0.1) is 0 Å². The van der Waals surface area contributed by atoms with Gasteiger partial charge in [0.2, 0.25) is 10.0 Å². The highest BCUT2D eigenvalue weighted by Gasteiger charge is 2.27. The first-order valence-corrected chi connectivity index (χ1v) is 6.97. The highest BCUT2D eigenvalue weighted by atomic mass is 32.2. The molecule has 1 rings (SSSR count). The zero-order valence-corrected chi connectivity index (χ0v) is 11.2. The predicted octanol–water partition coefficient (Wildman–Crippen LogP) is 1.55. The van der Waals surface area contributed by atoms with E-state index in [1.54, 1.807) is 0 Å². The maximum absolute atomic E-state index is 11.9. The molecule has 0 aliphatic rings. The van der Waals surface area contributed by atoms with Crippen LogP contribution in [0.25, 0.3) is 0 Å². The molecule has 0 saturated carbocycles. The number of rotatable bonds is 5. The Morgan fingerprint density at radius 3 is 2.21 bits per heavy atom. The number of thiocarbonyl (C=S) groups is 1. The SMILES string of the molecule is NC(=S)c1ccc(S(=O)(=O)NCCC(F)(F)F)cc1. The number of sulfonamides is 1. The summed E-state index contributed by atoms with van der Waals surface area (Å²) in [5.41, 5.74) is 5.82. The lowest BCUT2D eigenvalue weighted by Crippen LogP contribution is -2.28. The third-order valence-corrected chi connectivity index (χ3v) is 3.86. The summed E-state index contributed by atoms with van der Waals surface area (Å²) in [5, 5.41) is 0. The molecule has 0 unspecified atom stereocenters. The van der Waals surface area contributed by atoms with Crippen LogP contribution in [0.1, 0.15) is 12.0 Å². The van der Waals surface area contributed by atoms with Crippen LogP contribution in [0, 0.1) is 0 Å². The molecule has 106 valence electrons. The first-order chi connectivity index (χ1) is 8.62. The van der Waals surface area contributed by atoms with E-state index in [9.17, 15) is 21.6 Å². The Morgan fingerprint density at radius 2 is 1.79 bits per heavy atom. The van der Waals surface area contributed by atoms with Crippen LogP contribution in [0.3, 0.4) is 0 Å². The summed E-state index contributed by atoms with van der Waals surface area (Å²) in [6, 6.07) is 5.23. The van der Waals surface area contributed by atoms with Gasteiger partial charge in [0.1, 0.15) is 4.99 Å². The molecular weight excluding hydrogens is 301 g/mol. The summed E-state index contributed by atoms with van der Waals surface area (Å²) in [4.78, 5) is -0.0383. The molecule has 0 spiro atoms. The van der Waals surface area contributed by atoms with Gasteiger partial charge in [-0.1, -0.05) is 24.4 Å². The smallest absolute Gasteiger partial charge is 0.389 e. The number of nitrogens with two attached hydrogens (primary N) is 1. The molecule has 0 bridgehead atoms. The maximum atomic E-state index is 11.9. The van der Waals surface area contributed by atoms with Gasteiger partial charge in [-0.3, -0.25) is 0 Å². The van der Waals surface area contributed by atoms with E-state index in [1.807, 2.05) is 4.72 Å². The summed E-state index contributed by atoms with van der Waals surface area (Å²) in [6.07, 6.45) is -5.63. The zero-order valence-electron chi connectivity index (χ0n) is 9.57. The molecule has 0 fully saturated rings. The number of nitrogens with one attached hydrogen (secondary N) is 1. The third-order valence-electron chi connectivity index (χ3n) is 2.15. The number of hydrogen-bond acceptors (Lipinski definition) is 3. The van der Waals surface area contributed by atoms with Crippen molar-refractivity contribution >= 4 is 27.2 Å². The molecule has 9 heteroatoms. The van der Waals surface area contributed by atoms with Gasteiger partial charge in [0, 0.05) is 12.1 Å². The minimum Gasteiger partial charge on any atom is -0.389 e. The van der Waals surface area contributed by atoms with Crippen LogP contribution in [-0.2, 0) is 10.0 Å². The van der Waals surface area contributed by atoms with Gasteiger partial charge in [0.25, 0.3) is 0 Å². The molecule has 0 radical (unpaired) electrons. The van der Waals surface area contributed by atoms with Crippen molar-refractivity contribution in [3.05, 3.63) is 29.8 Å². The van der Waals surface area contributed by atoms with Gasteiger partial charge in [0.15, 0.2) is 0 Å². The van der Waals surface area contributed by atoms with Gasteiger partial charge in [-0.05, 0) is 12.1 Å². The summed E-state index contributed by atoms with van der Waals surface area (Å²) < 4.78 is 60.9. The van der Waals surface area contributed by atoms with Crippen molar-refractivity contribution in [1.29, 1.82) is 0 Å². The topological polar surface area (TPSA) is 72.2 Å². The second-order valence-corrected chi connectivity index (χ2v) is 5.86. The Morgan fingerprint density at radius 1 is 1.26 bits per heavy atom. The maximum Gasteiger partial charge on any atom is 0.390 e. The van der Waals surface area contributed by atoms with Crippen molar-refractivity contribution in [3.63, 3.8) is 0 Å². The molecule has 1 aromatic carbocycles. The fourth-order valence-electron chi connectivity index (χ4n) is 1.21. The predicted molar refractivity (Wildman–Crippen MR) is 68.2 cm³/mol. The molecule has 0 amide bonds. The lowest BCUT2D eigenvalue weighted by molar-refractivity contribution is -0.132. The van der Waals surface area contributed by atoms with E-state index >= 15 is 0 Å². The van der Waals surface area contributed by atoms with Crippen LogP contribution in [-0.4, -0.2) is 26.1 Å². The van der Waals surface area contributed by atoms with E-state index in [-0.39, 0.29) is 9.88 Å². The second-order valence-electron chi connectivity index (χ2n) is 3.65. The van der Waals surface area contributed by atoms with Crippen molar-refractivity contribution in [2.75, 3.05) is 6.54 Å². The van der Waals surface area contributed by atoms with E-state index in [0.29, 0.717) is 5.56 Å². The van der Waals surface area contributed by atoms with E-state index in [1.165, 1.54) is 24.3 Å². The largest absolute Gasteiger partial charge is 0.390 e. The third kappa shape index (κ3) is 5.13. The number of halogens is 3. The number of benzene rings is 1. The average Bonchev–Trinajstić information content (AvgIpc) is 2.27. The second kappa shape index (κ2) is 5.85. The van der Waals surface area contributed by atoms with Crippen LogP contribution in [0.5, 0.6) is 0 Å². The molecule has 0 atom stereocenters. The van der Waals surface area contributed by atoms with Crippen LogP contribution in [0.2, 0.25) is 0 Å². The molecule has 4 nitrogen and oxygen atoms in total. The van der Waals surface area contributed by atoms with Crippen molar-refractivity contribution in [1.82, 2.24) is 4.72 Å². The Hall–Kier alpha value is -1.19. The Kier molecular flexibility index (Phi) is 4.88. The van der Waals surface area contributed by atoms with Gasteiger partial charge >= 0.3 is 6.18 Å². The van der Waals surface area contributed by atoms with E-state index in [4.69, 9.17) is 18.0 Å². The summed E-state index contributed by atoms with van der Waals surface area (Å²) in [7, 11) is -3.96. The molecule has 0 aromatic heterocycles. The van der Waals surface area contributed by atoms with Crippen LogP contribution < -0.4 is 10.5 Å². The van der Waals surface area contributed by atoms with Gasteiger partial charge < -0.3 is 5.73 Å². The zero-order chi connectivity index (χ0) is 14.7. The minimum absolute atomic E-state index is 0.106. The Balaban J connectivity index is 2.75. The molecular formula is C10H11F3N2O2S2. The van der Waals surface area contributed by atoms with Crippen LogP contribution in [0.15, 0.2) is 29.2 Å². The van der Waals surface area contributed by atoms with Crippen molar-refractivity contribution in [2.45, 2.75) is 17.5 Å². The van der Waals surface area contributed by atoms with Crippen LogP contribution >= 0.6 is 12.2 Å². The average molecular weight is 312 g/mol. The first kappa shape index (κ1) is 15.9. The van der Waals surface area contributed by atoms with E-state index < -0.39 is 29.2 Å². The standard InChI is InChI=1S/C10H11F3N2O2S2/c11-10(12,13)5-6-15-19(16,17)8-3-1-7(2-4-8)9(14)18/h1-4,15H,5-6H2,(H2,14,18). The summed E-state index contributed by atoms with van der Waals surface area (Å²) >= 11 is 4.70. The lowest BCUT2D eigenvalue weighted by atomic mass is 10.2. The molecule has 3 N–H and O–H groups in total. The quantitative estimate of drug-likeness (QED) is 0.809. The first-order valence-electron chi connectivity index (χ1n) is 5.08. The highest BCUT2D eigenvalue weighted by molar-refractivity contribution is 7.89. The summed E-state index contributed by atoms with van der Waals surface area (Å²) in [6.45, 7) is -0.705. The van der Waals surface area contributed by atoms with E-state index in [0.717, 1.165) is 0 Å². The van der Waals surface area contributed by atoms with Gasteiger partial charge in [-0.2, -0.15) is 13.2 Å². The molecule has 0 aliphatic heterocycles. The van der Waals surface area contributed by atoms with Crippen molar-refractivity contribution in [3.8, 4) is 0 Å². The molecule has 0 heterocycles. The molecule has 0 aliphatic carbocycles. The van der Waals surface area contributed by atoms with Crippen molar-refractivity contribution in [2.24, 2.45) is 5.73 Å². The normalized spacial score (nSPS) is 12.4. The van der Waals surface area contributed by atoms with E-state index in [2.05, 4.69) is 0 Å². The van der Waals surface area contributed by atoms with Crippen molar-refractivity contribution < 1.29 is 21.6 Å². The Labute approximate surface area is 113 Å². The van der Waals surface area contributed by atoms with Gasteiger partial charge in [0.05, 0.1) is 11.3 Å². The fraction of sp³-hybridized carbons (Fsp3) is 0.300. The lowest BCUT2D eigenvalue weighted by Gasteiger charge is -2.09. The minimum atomic E-state index is -4.40. The monoisotopic (exact) mass is 312 g/mol. The van der Waals surface area contributed by atoms with Crippen LogP contribution in [0.4, 0.5) is 13.2 Å². The number of hydrogen-bond donors (Lipinski definition) is 2. The molecule has 1 aromatic rings. The number of alkyl halides is 3.